The molecule has 0 bridgehead atoms. The van der Waals surface area contributed by atoms with Gasteiger partial charge in [-0.15, -0.1) is 0 Å². The topological polar surface area (TPSA) is 35.5 Å². The second kappa shape index (κ2) is 7.30. The summed E-state index contributed by atoms with van der Waals surface area (Å²) in [5.74, 6) is 0. The summed E-state index contributed by atoms with van der Waals surface area (Å²) in [6.07, 6.45) is 1.12. The molecule has 4 heteroatoms. The number of halogens is 1. The van der Waals surface area contributed by atoms with Crippen molar-refractivity contribution in [3.8, 4) is 0 Å². The largest absolute Gasteiger partial charge is 0.389 e. The minimum Gasteiger partial charge on any atom is -0.389 e. The maximum Gasteiger partial charge on any atom is 0.0765 e. The molecule has 0 saturated heterocycles. The van der Waals surface area contributed by atoms with Gasteiger partial charge >= 0.3 is 0 Å². The molecule has 0 aliphatic carbocycles. The molecule has 1 aromatic carbocycles. The van der Waals surface area contributed by atoms with Crippen molar-refractivity contribution >= 4 is 17.3 Å². The molecule has 1 aromatic rings. The molecule has 0 aromatic heterocycles. The van der Waals surface area contributed by atoms with E-state index in [-0.39, 0.29) is 0 Å². The number of rotatable bonds is 7. The van der Waals surface area contributed by atoms with E-state index in [0.717, 1.165) is 23.7 Å². The third kappa shape index (κ3) is 5.31. The molecular weight excluding hydrogens is 272 g/mol. The van der Waals surface area contributed by atoms with Gasteiger partial charge in [-0.3, -0.25) is 0 Å². The van der Waals surface area contributed by atoms with Crippen molar-refractivity contribution in [1.82, 2.24) is 5.32 Å². The van der Waals surface area contributed by atoms with Crippen molar-refractivity contribution < 1.29 is 5.11 Å². The minimum atomic E-state index is -0.743. The Morgan fingerprint density at radius 2 is 2.05 bits per heavy atom. The van der Waals surface area contributed by atoms with Crippen molar-refractivity contribution in [2.75, 3.05) is 25.0 Å². The van der Waals surface area contributed by atoms with E-state index in [4.69, 9.17) is 11.6 Å². The van der Waals surface area contributed by atoms with Gasteiger partial charge in [0.15, 0.2) is 0 Å². The first kappa shape index (κ1) is 17.3. The Bertz CT molecular complexity index is 429. The molecule has 0 amide bonds. The molecule has 20 heavy (non-hydrogen) atoms. The summed E-state index contributed by atoms with van der Waals surface area (Å²) in [4.78, 5) is 1.98. The van der Waals surface area contributed by atoms with Gasteiger partial charge < -0.3 is 15.3 Å². The zero-order valence-electron chi connectivity index (χ0n) is 13.2. The van der Waals surface area contributed by atoms with Crippen LogP contribution < -0.4 is 10.2 Å². The highest BCUT2D eigenvalue weighted by Crippen LogP contribution is 2.29. The first-order chi connectivity index (χ1) is 9.24. The molecule has 2 N–H and O–H groups in total. The van der Waals surface area contributed by atoms with Crippen molar-refractivity contribution in [1.29, 1.82) is 0 Å². The van der Waals surface area contributed by atoms with Crippen LogP contribution in [0.2, 0.25) is 5.02 Å². The first-order valence-corrected chi connectivity index (χ1v) is 7.58. The molecule has 1 rings (SSSR count). The number of hydrogen-bond donors (Lipinski definition) is 2. The number of aliphatic hydroxyl groups is 1. The fourth-order valence-electron chi connectivity index (χ4n) is 2.25. The Morgan fingerprint density at radius 1 is 1.40 bits per heavy atom. The lowest BCUT2D eigenvalue weighted by Crippen LogP contribution is -2.36. The fraction of sp³-hybridized carbons (Fsp3) is 0.625. The van der Waals surface area contributed by atoms with Gasteiger partial charge in [0.05, 0.1) is 16.3 Å². The van der Waals surface area contributed by atoms with Crippen LogP contribution >= 0.6 is 11.6 Å². The van der Waals surface area contributed by atoms with Crippen LogP contribution in [0.3, 0.4) is 0 Å². The smallest absolute Gasteiger partial charge is 0.0765 e. The SMILES string of the molecule is CCCNC(C)c1ccc(N(C)CC(C)(C)O)c(Cl)c1. The van der Waals surface area contributed by atoms with E-state index in [0.29, 0.717) is 12.6 Å². The quantitative estimate of drug-likeness (QED) is 0.807. The van der Waals surface area contributed by atoms with Gasteiger partial charge in [-0.2, -0.15) is 0 Å². The standard InChI is InChI=1S/C16H27ClN2O/c1-6-9-18-12(2)13-7-8-15(14(17)10-13)19(5)11-16(3,4)20/h7-8,10,12,18,20H,6,9,11H2,1-5H3. The number of benzene rings is 1. The lowest BCUT2D eigenvalue weighted by Gasteiger charge is -2.28. The number of nitrogens with one attached hydrogen (secondary N) is 1. The Balaban J connectivity index is 2.82. The highest BCUT2D eigenvalue weighted by atomic mass is 35.5. The predicted octanol–water partition coefficient (Wildman–Crippen LogP) is 3.61. The van der Waals surface area contributed by atoms with E-state index in [1.807, 2.05) is 24.1 Å². The predicted molar refractivity (Wildman–Crippen MR) is 87.7 cm³/mol. The Hall–Kier alpha value is -0.770. The molecule has 1 unspecified atom stereocenters. The van der Waals surface area contributed by atoms with Gasteiger partial charge in [-0.25, -0.2) is 0 Å². The zero-order valence-corrected chi connectivity index (χ0v) is 14.0. The summed E-state index contributed by atoms with van der Waals surface area (Å²) in [6.45, 7) is 9.42. The first-order valence-electron chi connectivity index (χ1n) is 7.21. The molecule has 0 spiro atoms. The maximum absolute atomic E-state index is 9.89. The average molecular weight is 299 g/mol. The van der Waals surface area contributed by atoms with Gasteiger partial charge in [0, 0.05) is 19.6 Å². The summed E-state index contributed by atoms with van der Waals surface area (Å²) < 4.78 is 0. The highest BCUT2D eigenvalue weighted by molar-refractivity contribution is 6.33. The van der Waals surface area contributed by atoms with Crippen molar-refractivity contribution in [2.45, 2.75) is 45.8 Å². The second-order valence-corrected chi connectivity index (χ2v) is 6.46. The van der Waals surface area contributed by atoms with Gasteiger partial charge in [-0.05, 0) is 51.4 Å². The van der Waals surface area contributed by atoms with E-state index in [1.165, 1.54) is 5.56 Å². The lowest BCUT2D eigenvalue weighted by atomic mass is 10.1. The number of anilines is 1. The van der Waals surface area contributed by atoms with Gasteiger partial charge in [0.25, 0.3) is 0 Å². The molecule has 0 radical (unpaired) electrons. The number of hydrogen-bond acceptors (Lipinski definition) is 3. The monoisotopic (exact) mass is 298 g/mol. The van der Waals surface area contributed by atoms with Crippen molar-refractivity contribution in [2.24, 2.45) is 0 Å². The Kier molecular flexibility index (Phi) is 6.31. The van der Waals surface area contributed by atoms with Crippen LogP contribution in [0.4, 0.5) is 5.69 Å². The summed E-state index contributed by atoms with van der Waals surface area (Å²) in [5.41, 5.74) is 1.39. The van der Waals surface area contributed by atoms with Crippen LogP contribution in [0.1, 0.15) is 45.7 Å². The van der Waals surface area contributed by atoms with Crippen LogP contribution in [0.25, 0.3) is 0 Å². The van der Waals surface area contributed by atoms with Crippen LogP contribution in [0, 0.1) is 0 Å². The third-order valence-corrected chi connectivity index (χ3v) is 3.51. The molecule has 3 nitrogen and oxygen atoms in total. The zero-order chi connectivity index (χ0) is 15.3. The summed E-state index contributed by atoms with van der Waals surface area (Å²) in [6, 6.07) is 6.41. The summed E-state index contributed by atoms with van der Waals surface area (Å²) in [5, 5.41) is 14.1. The molecule has 1 atom stereocenters. The molecule has 0 aliphatic heterocycles. The number of likely N-dealkylation sites (N-methyl/N-ethyl adjacent to an activating group) is 1. The van der Waals surface area contributed by atoms with E-state index in [2.05, 4.69) is 25.2 Å². The number of nitrogens with zero attached hydrogens (tertiary/aromatic N) is 1. The minimum absolute atomic E-state index is 0.293. The van der Waals surface area contributed by atoms with Crippen molar-refractivity contribution in [3.63, 3.8) is 0 Å². The van der Waals surface area contributed by atoms with Crippen LogP contribution in [-0.4, -0.2) is 30.8 Å². The van der Waals surface area contributed by atoms with Crippen LogP contribution in [-0.2, 0) is 0 Å². The highest BCUT2D eigenvalue weighted by Gasteiger charge is 2.18. The molecule has 0 saturated carbocycles. The molecule has 0 aliphatic rings. The van der Waals surface area contributed by atoms with E-state index in [1.54, 1.807) is 13.8 Å². The van der Waals surface area contributed by atoms with Gasteiger partial charge in [0.1, 0.15) is 0 Å². The molecule has 0 fully saturated rings. The second-order valence-electron chi connectivity index (χ2n) is 6.06. The van der Waals surface area contributed by atoms with Crippen LogP contribution in [0.5, 0.6) is 0 Å². The lowest BCUT2D eigenvalue weighted by molar-refractivity contribution is 0.0886. The molecule has 0 heterocycles. The average Bonchev–Trinajstić information content (AvgIpc) is 2.33. The molecular formula is C16H27ClN2O. The van der Waals surface area contributed by atoms with Gasteiger partial charge in [0.2, 0.25) is 0 Å². The normalized spacial score (nSPS) is 13.3. The fourth-order valence-corrected chi connectivity index (χ4v) is 2.58. The maximum atomic E-state index is 9.89. The van der Waals surface area contributed by atoms with Gasteiger partial charge in [-0.1, -0.05) is 24.6 Å². The Labute approximate surface area is 127 Å². The van der Waals surface area contributed by atoms with E-state index < -0.39 is 5.60 Å². The summed E-state index contributed by atoms with van der Waals surface area (Å²) in [7, 11) is 1.94. The van der Waals surface area contributed by atoms with E-state index in [9.17, 15) is 5.11 Å². The van der Waals surface area contributed by atoms with E-state index >= 15 is 0 Å². The van der Waals surface area contributed by atoms with Crippen molar-refractivity contribution in [3.05, 3.63) is 28.8 Å². The summed E-state index contributed by atoms with van der Waals surface area (Å²) >= 11 is 6.38. The van der Waals surface area contributed by atoms with Crippen LogP contribution in [0.15, 0.2) is 18.2 Å². The Morgan fingerprint density at radius 3 is 2.55 bits per heavy atom. The third-order valence-electron chi connectivity index (χ3n) is 3.21. The molecule has 114 valence electrons.